The molecule has 1 N–H and O–H groups in total. The number of carbonyl (C=O) groups is 1. The molecule has 2 heterocycles. The Hall–Kier alpha value is -2.87. The van der Waals surface area contributed by atoms with Crippen LogP contribution < -0.4 is 14.8 Å². The summed E-state index contributed by atoms with van der Waals surface area (Å²) in [6, 6.07) is 5.87. The lowest BCUT2D eigenvalue weighted by atomic mass is 9.52. The van der Waals surface area contributed by atoms with E-state index in [-0.39, 0.29) is 5.91 Å². The molecular formula is C30H41N5O3. The van der Waals surface area contributed by atoms with Crippen LogP contribution in [-0.2, 0) is 24.3 Å². The fraction of sp³-hybridized carbons (Fsp3) is 0.633. The lowest BCUT2D eigenvalue weighted by molar-refractivity contribution is -0.133. The summed E-state index contributed by atoms with van der Waals surface area (Å²) in [5, 5.41) is 3.74. The van der Waals surface area contributed by atoms with Gasteiger partial charge in [-0.25, -0.2) is 9.97 Å². The molecule has 8 heteroatoms. The number of hydrogen-bond acceptors (Lipinski definition) is 7. The summed E-state index contributed by atoms with van der Waals surface area (Å²) >= 11 is 0. The molecule has 1 aromatic heterocycles. The van der Waals surface area contributed by atoms with Gasteiger partial charge in [-0.2, -0.15) is 0 Å². The number of nitrogens with one attached hydrogen (secondary N) is 1. The minimum Gasteiger partial charge on any atom is -0.493 e. The number of carbonyl (C=O) groups excluding carboxylic acids is 1. The number of methoxy groups -OCH3 is 2. The standard InChI is InChI=1S/C30H41N5O3/c1-34(15-19-4-5-27(37-2)28(13-19)38-3)17-29(36)35-7-6-24-26(16-35)32-18-33-30(24)31-14-25-22-9-20-8-21(11-22)12-23(25)10-20/h4-5,13,18,20-23,25H,6-12,14-17H2,1-3H3,(H,31,32,33). The summed E-state index contributed by atoms with van der Waals surface area (Å²) in [6.45, 7) is 3.29. The number of ether oxygens (including phenoxy) is 2. The van der Waals surface area contributed by atoms with E-state index in [0.29, 0.717) is 37.7 Å². The Kier molecular flexibility index (Phi) is 7.16. The van der Waals surface area contributed by atoms with E-state index < -0.39 is 0 Å². The molecule has 0 spiro atoms. The van der Waals surface area contributed by atoms with Crippen LogP contribution in [0.3, 0.4) is 0 Å². The molecule has 0 saturated heterocycles. The van der Waals surface area contributed by atoms with Crippen molar-refractivity contribution < 1.29 is 14.3 Å². The SMILES string of the molecule is COc1ccc(CN(C)CC(=O)N2CCc3c(ncnc3NCC3C4CC5CC(C4)CC3C5)C2)cc1OC. The predicted molar refractivity (Wildman–Crippen MR) is 146 cm³/mol. The predicted octanol–water partition coefficient (Wildman–Crippen LogP) is 3.99. The minimum atomic E-state index is 0.125. The first-order valence-corrected chi connectivity index (χ1v) is 14.2. The Morgan fingerprint density at radius 1 is 1.05 bits per heavy atom. The van der Waals surface area contributed by atoms with Crippen LogP contribution in [0.4, 0.5) is 5.82 Å². The molecule has 8 nitrogen and oxygen atoms in total. The van der Waals surface area contributed by atoms with Gasteiger partial charge in [0.2, 0.25) is 5.91 Å². The zero-order valence-corrected chi connectivity index (χ0v) is 23.0. The molecule has 1 amide bonds. The van der Waals surface area contributed by atoms with Crippen LogP contribution in [0.5, 0.6) is 11.5 Å². The van der Waals surface area contributed by atoms with E-state index in [1.807, 2.05) is 35.0 Å². The van der Waals surface area contributed by atoms with Crippen LogP contribution in [0.15, 0.2) is 24.5 Å². The lowest BCUT2D eigenvalue weighted by Crippen LogP contribution is -2.47. The van der Waals surface area contributed by atoms with Crippen molar-refractivity contribution in [2.45, 2.75) is 51.6 Å². The maximum Gasteiger partial charge on any atom is 0.237 e. The van der Waals surface area contributed by atoms with Gasteiger partial charge in [0, 0.05) is 25.2 Å². The first-order chi connectivity index (χ1) is 18.5. The largest absolute Gasteiger partial charge is 0.493 e. The molecule has 38 heavy (non-hydrogen) atoms. The molecule has 1 aliphatic heterocycles. The molecule has 2 aromatic rings. The van der Waals surface area contributed by atoms with Crippen LogP contribution in [0.25, 0.3) is 0 Å². The van der Waals surface area contributed by atoms with Crippen molar-refractivity contribution in [2.75, 3.05) is 46.2 Å². The molecule has 204 valence electrons. The van der Waals surface area contributed by atoms with E-state index in [0.717, 1.165) is 59.6 Å². The second-order valence-electron chi connectivity index (χ2n) is 12.0. The summed E-state index contributed by atoms with van der Waals surface area (Å²) in [5.41, 5.74) is 3.25. The highest BCUT2D eigenvalue weighted by atomic mass is 16.5. The Morgan fingerprint density at radius 2 is 1.79 bits per heavy atom. The second-order valence-corrected chi connectivity index (χ2v) is 12.0. The number of likely N-dealkylation sites (N-methyl/N-ethyl adjacent to an activating group) is 1. The third-order valence-corrected chi connectivity index (χ3v) is 9.59. The zero-order valence-electron chi connectivity index (χ0n) is 23.0. The van der Waals surface area contributed by atoms with Gasteiger partial charge >= 0.3 is 0 Å². The third kappa shape index (κ3) is 5.07. The molecule has 4 bridgehead atoms. The van der Waals surface area contributed by atoms with Crippen LogP contribution in [0, 0.1) is 29.6 Å². The van der Waals surface area contributed by atoms with E-state index in [9.17, 15) is 4.79 Å². The van der Waals surface area contributed by atoms with Crippen LogP contribution in [0.1, 0.15) is 48.9 Å². The van der Waals surface area contributed by atoms with Gasteiger partial charge in [-0.15, -0.1) is 0 Å². The minimum absolute atomic E-state index is 0.125. The van der Waals surface area contributed by atoms with Crippen molar-refractivity contribution in [3.05, 3.63) is 41.3 Å². The number of amides is 1. The number of aromatic nitrogens is 2. The molecular weight excluding hydrogens is 478 g/mol. The van der Waals surface area contributed by atoms with Gasteiger partial charge in [0.1, 0.15) is 12.1 Å². The lowest BCUT2D eigenvalue weighted by Gasteiger charge is -2.54. The van der Waals surface area contributed by atoms with Gasteiger partial charge in [-0.3, -0.25) is 9.69 Å². The maximum absolute atomic E-state index is 13.2. The first kappa shape index (κ1) is 25.4. The molecule has 5 aliphatic rings. The molecule has 0 unspecified atom stereocenters. The van der Waals surface area contributed by atoms with Gasteiger partial charge in [0.15, 0.2) is 11.5 Å². The number of rotatable bonds is 9. The Labute approximate surface area is 226 Å². The topological polar surface area (TPSA) is 79.8 Å². The van der Waals surface area contributed by atoms with Crippen LogP contribution >= 0.6 is 0 Å². The summed E-state index contributed by atoms with van der Waals surface area (Å²) in [7, 11) is 5.24. The van der Waals surface area contributed by atoms with E-state index in [1.54, 1.807) is 20.5 Å². The monoisotopic (exact) mass is 519 g/mol. The van der Waals surface area contributed by atoms with Crippen molar-refractivity contribution in [3.63, 3.8) is 0 Å². The smallest absolute Gasteiger partial charge is 0.237 e. The van der Waals surface area contributed by atoms with Crippen molar-refractivity contribution in [2.24, 2.45) is 29.6 Å². The number of hydrogen-bond donors (Lipinski definition) is 1. The summed E-state index contributed by atoms with van der Waals surface area (Å²) < 4.78 is 10.7. The molecule has 4 aliphatic carbocycles. The quantitative estimate of drug-likeness (QED) is 0.537. The van der Waals surface area contributed by atoms with Crippen molar-refractivity contribution in [1.29, 1.82) is 0 Å². The highest BCUT2D eigenvalue weighted by Crippen LogP contribution is 2.56. The highest BCUT2D eigenvalue weighted by Gasteiger charge is 2.47. The number of benzene rings is 1. The molecule has 1 aromatic carbocycles. The van der Waals surface area contributed by atoms with E-state index in [2.05, 4.69) is 15.3 Å². The Bertz CT molecular complexity index is 1140. The third-order valence-electron chi connectivity index (χ3n) is 9.59. The molecule has 4 saturated carbocycles. The molecule has 7 rings (SSSR count). The number of nitrogens with zero attached hydrogens (tertiary/aromatic N) is 4. The summed E-state index contributed by atoms with van der Waals surface area (Å²) in [4.78, 5) is 26.4. The first-order valence-electron chi connectivity index (χ1n) is 14.2. The van der Waals surface area contributed by atoms with E-state index >= 15 is 0 Å². The average molecular weight is 520 g/mol. The number of fused-ring (bicyclic) bond motifs is 1. The van der Waals surface area contributed by atoms with Crippen molar-refractivity contribution >= 4 is 11.7 Å². The van der Waals surface area contributed by atoms with E-state index in [4.69, 9.17) is 9.47 Å². The Morgan fingerprint density at radius 3 is 2.50 bits per heavy atom. The maximum atomic E-state index is 13.2. The van der Waals surface area contributed by atoms with Gasteiger partial charge < -0.3 is 19.7 Å². The Balaban J connectivity index is 1.04. The van der Waals surface area contributed by atoms with Gasteiger partial charge in [0.25, 0.3) is 0 Å². The normalized spacial score (nSPS) is 27.4. The second kappa shape index (κ2) is 10.7. The van der Waals surface area contributed by atoms with Crippen molar-refractivity contribution in [3.8, 4) is 11.5 Å². The van der Waals surface area contributed by atoms with Gasteiger partial charge in [0.05, 0.1) is 33.0 Å². The van der Waals surface area contributed by atoms with Crippen LogP contribution in [0.2, 0.25) is 0 Å². The summed E-state index contributed by atoms with van der Waals surface area (Å²) in [5.74, 6) is 7.11. The fourth-order valence-corrected chi connectivity index (χ4v) is 7.98. The highest BCUT2D eigenvalue weighted by molar-refractivity contribution is 5.78. The summed E-state index contributed by atoms with van der Waals surface area (Å²) in [6.07, 6.45) is 9.73. The molecule has 4 fully saturated rings. The molecule has 0 radical (unpaired) electrons. The fourth-order valence-electron chi connectivity index (χ4n) is 7.98. The molecule has 0 atom stereocenters. The van der Waals surface area contributed by atoms with Crippen molar-refractivity contribution in [1.82, 2.24) is 19.8 Å². The number of anilines is 1. The average Bonchev–Trinajstić information content (AvgIpc) is 2.91. The van der Waals surface area contributed by atoms with E-state index in [1.165, 1.54) is 37.7 Å². The van der Waals surface area contributed by atoms with Gasteiger partial charge in [-0.1, -0.05) is 6.07 Å². The van der Waals surface area contributed by atoms with Crippen LogP contribution in [-0.4, -0.2) is 66.6 Å². The van der Waals surface area contributed by atoms with Gasteiger partial charge in [-0.05, 0) is 92.9 Å². The zero-order chi connectivity index (χ0) is 26.2.